The number of aromatic nitrogens is 1. The topological polar surface area (TPSA) is 48.1 Å². The normalized spacial score (nSPS) is 10.3. The summed E-state index contributed by atoms with van der Waals surface area (Å²) in [5.74, 6) is 0.336. The minimum atomic E-state index is -0.398. The van der Waals surface area contributed by atoms with Crippen LogP contribution in [0.15, 0.2) is 36.5 Å². The lowest BCUT2D eigenvalue weighted by Crippen LogP contribution is -2.01. The monoisotopic (exact) mass is 232 g/mol. The number of benzene rings is 1. The lowest BCUT2D eigenvalue weighted by molar-refractivity contribution is 0.437. The van der Waals surface area contributed by atoms with E-state index in [0.29, 0.717) is 12.3 Å². The van der Waals surface area contributed by atoms with E-state index in [-0.39, 0.29) is 5.75 Å². The Balaban J connectivity index is 2.35. The fraction of sp³-hybridized carbons (Fsp3) is 0.154. The van der Waals surface area contributed by atoms with Crippen molar-refractivity contribution < 1.29 is 9.13 Å². The van der Waals surface area contributed by atoms with Crippen LogP contribution >= 0.6 is 0 Å². The van der Waals surface area contributed by atoms with Gasteiger partial charge in [-0.15, -0.1) is 0 Å². The molecule has 17 heavy (non-hydrogen) atoms. The number of nitrogens with two attached hydrogens (primary N) is 1. The Hall–Kier alpha value is -1.94. The first-order valence-electron chi connectivity index (χ1n) is 5.28. The molecule has 3 nitrogen and oxygen atoms in total. The molecule has 0 aliphatic heterocycles. The summed E-state index contributed by atoms with van der Waals surface area (Å²) < 4.78 is 19.0. The van der Waals surface area contributed by atoms with Crippen LogP contribution in [0.4, 0.5) is 4.39 Å². The number of rotatable bonds is 3. The Labute approximate surface area is 99.1 Å². The predicted octanol–water partition coefficient (Wildman–Crippen LogP) is 2.78. The van der Waals surface area contributed by atoms with Crippen molar-refractivity contribution in [1.29, 1.82) is 0 Å². The quantitative estimate of drug-likeness (QED) is 0.885. The largest absolute Gasteiger partial charge is 0.454 e. The molecule has 2 rings (SSSR count). The van der Waals surface area contributed by atoms with Crippen molar-refractivity contribution in [2.75, 3.05) is 0 Å². The van der Waals surface area contributed by atoms with Gasteiger partial charge in [-0.25, -0.2) is 4.39 Å². The summed E-state index contributed by atoms with van der Waals surface area (Å²) in [6.45, 7) is 2.14. The van der Waals surface area contributed by atoms with E-state index >= 15 is 0 Å². The third-order valence-corrected chi connectivity index (χ3v) is 2.36. The summed E-state index contributed by atoms with van der Waals surface area (Å²) in [4.78, 5) is 4.12. The van der Waals surface area contributed by atoms with Gasteiger partial charge in [-0.2, -0.15) is 0 Å². The van der Waals surface area contributed by atoms with Gasteiger partial charge in [0.15, 0.2) is 11.6 Å². The number of hydrogen-bond donors (Lipinski definition) is 1. The fourth-order valence-electron chi connectivity index (χ4n) is 1.46. The van der Waals surface area contributed by atoms with Crippen molar-refractivity contribution in [3.05, 3.63) is 53.6 Å². The summed E-state index contributed by atoms with van der Waals surface area (Å²) in [5.41, 5.74) is 7.13. The van der Waals surface area contributed by atoms with Crippen LogP contribution in [0.25, 0.3) is 0 Å². The number of aryl methyl sites for hydroxylation is 1. The molecule has 0 fully saturated rings. The molecule has 2 aromatic rings. The van der Waals surface area contributed by atoms with E-state index in [1.54, 1.807) is 30.5 Å². The zero-order valence-electron chi connectivity index (χ0n) is 9.48. The molecule has 0 spiro atoms. The van der Waals surface area contributed by atoms with Crippen LogP contribution in [0.5, 0.6) is 11.5 Å². The summed E-state index contributed by atoms with van der Waals surface area (Å²) in [6.07, 6.45) is 1.64. The van der Waals surface area contributed by atoms with Gasteiger partial charge in [-0.1, -0.05) is 12.1 Å². The van der Waals surface area contributed by atoms with Crippen LogP contribution < -0.4 is 10.5 Å². The summed E-state index contributed by atoms with van der Waals surface area (Å²) in [5, 5.41) is 0. The maximum absolute atomic E-state index is 13.4. The summed E-state index contributed by atoms with van der Waals surface area (Å²) >= 11 is 0. The number of para-hydroxylation sites is 1. The van der Waals surface area contributed by atoms with Crippen LogP contribution in [0.2, 0.25) is 0 Å². The van der Waals surface area contributed by atoms with E-state index in [2.05, 4.69) is 4.98 Å². The van der Waals surface area contributed by atoms with Gasteiger partial charge in [0.2, 0.25) is 0 Å². The average molecular weight is 232 g/mol. The average Bonchev–Trinajstić information content (AvgIpc) is 2.32. The second kappa shape index (κ2) is 4.93. The Kier molecular flexibility index (Phi) is 3.35. The zero-order chi connectivity index (χ0) is 12.3. The summed E-state index contributed by atoms with van der Waals surface area (Å²) in [6, 6.07) is 8.00. The first kappa shape index (κ1) is 11.5. The summed E-state index contributed by atoms with van der Waals surface area (Å²) in [7, 11) is 0. The standard InChI is InChI=1S/C13H13FN2O/c1-9-6-13(10(7-15)8-16-9)17-12-5-3-2-4-11(12)14/h2-6,8H,7,15H2,1H3. The molecule has 0 saturated carbocycles. The number of ether oxygens (including phenoxy) is 1. The highest BCUT2D eigenvalue weighted by Crippen LogP contribution is 2.27. The lowest BCUT2D eigenvalue weighted by atomic mass is 10.2. The van der Waals surface area contributed by atoms with Crippen molar-refractivity contribution in [3.8, 4) is 11.5 Å². The molecule has 4 heteroatoms. The van der Waals surface area contributed by atoms with Crippen LogP contribution in [0.3, 0.4) is 0 Å². The van der Waals surface area contributed by atoms with Crippen molar-refractivity contribution in [2.45, 2.75) is 13.5 Å². The van der Waals surface area contributed by atoms with E-state index < -0.39 is 5.82 Å². The molecule has 1 aromatic heterocycles. The molecule has 1 heterocycles. The smallest absolute Gasteiger partial charge is 0.165 e. The van der Waals surface area contributed by atoms with Gasteiger partial charge in [-0.05, 0) is 19.1 Å². The SMILES string of the molecule is Cc1cc(Oc2ccccc2F)c(CN)cn1. The molecule has 0 amide bonds. The maximum atomic E-state index is 13.4. The van der Waals surface area contributed by atoms with Gasteiger partial charge >= 0.3 is 0 Å². The van der Waals surface area contributed by atoms with E-state index in [9.17, 15) is 4.39 Å². The Morgan fingerprint density at radius 3 is 2.76 bits per heavy atom. The Morgan fingerprint density at radius 1 is 1.29 bits per heavy atom. The van der Waals surface area contributed by atoms with Crippen molar-refractivity contribution in [1.82, 2.24) is 4.98 Å². The predicted molar refractivity (Wildman–Crippen MR) is 63.3 cm³/mol. The second-order valence-corrected chi connectivity index (χ2v) is 3.67. The molecule has 0 aliphatic carbocycles. The molecule has 0 unspecified atom stereocenters. The molecule has 0 bridgehead atoms. The number of halogens is 1. The highest BCUT2D eigenvalue weighted by Gasteiger charge is 2.08. The van der Waals surface area contributed by atoms with E-state index in [0.717, 1.165) is 11.3 Å². The second-order valence-electron chi connectivity index (χ2n) is 3.67. The van der Waals surface area contributed by atoms with Gasteiger partial charge in [0, 0.05) is 30.1 Å². The maximum Gasteiger partial charge on any atom is 0.165 e. The van der Waals surface area contributed by atoms with Crippen molar-refractivity contribution in [3.63, 3.8) is 0 Å². The molecule has 0 aliphatic rings. The van der Waals surface area contributed by atoms with Crippen LogP contribution in [0.1, 0.15) is 11.3 Å². The lowest BCUT2D eigenvalue weighted by Gasteiger charge is -2.10. The molecule has 88 valence electrons. The van der Waals surface area contributed by atoms with E-state index in [1.807, 2.05) is 6.92 Å². The van der Waals surface area contributed by atoms with Crippen LogP contribution in [-0.4, -0.2) is 4.98 Å². The van der Waals surface area contributed by atoms with Crippen molar-refractivity contribution >= 4 is 0 Å². The third-order valence-electron chi connectivity index (χ3n) is 2.36. The first-order chi connectivity index (χ1) is 8.20. The molecule has 0 radical (unpaired) electrons. The Bertz CT molecular complexity index is 529. The van der Waals surface area contributed by atoms with Crippen molar-refractivity contribution in [2.24, 2.45) is 5.73 Å². The van der Waals surface area contributed by atoms with Gasteiger partial charge in [0.25, 0.3) is 0 Å². The fourth-order valence-corrected chi connectivity index (χ4v) is 1.46. The highest BCUT2D eigenvalue weighted by atomic mass is 19.1. The highest BCUT2D eigenvalue weighted by molar-refractivity contribution is 5.37. The minimum absolute atomic E-state index is 0.188. The molecule has 0 saturated heterocycles. The Morgan fingerprint density at radius 2 is 2.06 bits per heavy atom. The molecule has 0 atom stereocenters. The van der Waals surface area contributed by atoms with Gasteiger partial charge in [0.1, 0.15) is 5.75 Å². The number of nitrogens with zero attached hydrogens (tertiary/aromatic N) is 1. The molecular weight excluding hydrogens is 219 g/mol. The molecule has 2 N–H and O–H groups in total. The minimum Gasteiger partial charge on any atom is -0.454 e. The molecule has 1 aromatic carbocycles. The third kappa shape index (κ3) is 2.60. The molecular formula is C13H13FN2O. The van der Waals surface area contributed by atoms with Gasteiger partial charge < -0.3 is 10.5 Å². The van der Waals surface area contributed by atoms with E-state index in [1.165, 1.54) is 6.07 Å². The van der Waals surface area contributed by atoms with Gasteiger partial charge in [0.05, 0.1) is 0 Å². The first-order valence-corrected chi connectivity index (χ1v) is 5.28. The van der Waals surface area contributed by atoms with Crippen LogP contribution in [-0.2, 0) is 6.54 Å². The van der Waals surface area contributed by atoms with Crippen LogP contribution in [0, 0.1) is 12.7 Å². The number of pyridine rings is 1. The zero-order valence-corrected chi connectivity index (χ0v) is 9.48. The number of hydrogen-bond acceptors (Lipinski definition) is 3. The van der Waals surface area contributed by atoms with E-state index in [4.69, 9.17) is 10.5 Å². The van der Waals surface area contributed by atoms with Gasteiger partial charge in [-0.3, -0.25) is 4.98 Å².